The van der Waals surface area contributed by atoms with E-state index in [1.54, 1.807) is 12.2 Å². The predicted octanol–water partition coefficient (Wildman–Crippen LogP) is 3.79. The number of allylic oxidation sites excluding steroid dienone is 6. The number of rotatable bonds is 2. The molecule has 0 aromatic rings. The monoisotopic (exact) mass is 178 g/mol. The standard InChI is InChI=1S/C12H15F/c1-5-10-11(8(2)3)6-9(4)7-12(10)13/h5-7,10-11H,1-2H2,3-4H3. The molecule has 0 amide bonds. The second kappa shape index (κ2) is 3.73. The highest BCUT2D eigenvalue weighted by Gasteiger charge is 2.24. The van der Waals surface area contributed by atoms with Crippen molar-refractivity contribution >= 4 is 0 Å². The highest BCUT2D eigenvalue weighted by atomic mass is 19.1. The number of hydrogen-bond acceptors (Lipinski definition) is 0. The van der Waals surface area contributed by atoms with Gasteiger partial charge in [0.25, 0.3) is 0 Å². The van der Waals surface area contributed by atoms with Crippen molar-refractivity contribution in [1.82, 2.24) is 0 Å². The lowest BCUT2D eigenvalue weighted by Crippen LogP contribution is -2.15. The molecule has 0 radical (unpaired) electrons. The Bertz CT molecular complexity index is 294. The first-order valence-corrected chi connectivity index (χ1v) is 4.39. The van der Waals surface area contributed by atoms with Crippen LogP contribution in [0.25, 0.3) is 0 Å². The van der Waals surface area contributed by atoms with Crippen molar-refractivity contribution in [3.63, 3.8) is 0 Å². The van der Waals surface area contributed by atoms with Gasteiger partial charge in [0, 0.05) is 11.8 Å². The highest BCUT2D eigenvalue weighted by Crippen LogP contribution is 2.34. The Morgan fingerprint density at radius 1 is 1.62 bits per heavy atom. The summed E-state index contributed by atoms with van der Waals surface area (Å²) < 4.78 is 13.4. The molecule has 0 saturated heterocycles. The molecule has 13 heavy (non-hydrogen) atoms. The molecule has 0 aromatic carbocycles. The maximum Gasteiger partial charge on any atom is 0.108 e. The summed E-state index contributed by atoms with van der Waals surface area (Å²) in [5.74, 6) is -0.258. The minimum absolute atomic E-state index is 0.0718. The molecule has 1 aliphatic rings. The molecule has 0 aromatic heterocycles. The summed E-state index contributed by atoms with van der Waals surface area (Å²) in [6.45, 7) is 11.3. The van der Waals surface area contributed by atoms with Crippen LogP contribution in [0.4, 0.5) is 4.39 Å². The second-order valence-electron chi connectivity index (χ2n) is 3.57. The second-order valence-corrected chi connectivity index (χ2v) is 3.57. The number of hydrogen-bond donors (Lipinski definition) is 0. The lowest BCUT2D eigenvalue weighted by Gasteiger charge is -2.24. The molecule has 1 heteroatoms. The SMILES string of the molecule is C=CC1C(F)=CC(C)=CC1C(=C)C. The topological polar surface area (TPSA) is 0 Å². The molecule has 0 nitrogen and oxygen atoms in total. The molecule has 1 rings (SSSR count). The minimum Gasteiger partial charge on any atom is -0.211 e. The fraction of sp³-hybridized carbons (Fsp3) is 0.333. The van der Waals surface area contributed by atoms with Gasteiger partial charge in [-0.3, -0.25) is 0 Å². The van der Waals surface area contributed by atoms with Gasteiger partial charge in [-0.1, -0.05) is 29.9 Å². The lowest BCUT2D eigenvalue weighted by molar-refractivity contribution is 0.462. The first-order chi connectivity index (χ1) is 6.06. The zero-order valence-corrected chi connectivity index (χ0v) is 8.18. The Kier molecular flexibility index (Phi) is 2.86. The van der Waals surface area contributed by atoms with Crippen molar-refractivity contribution in [2.24, 2.45) is 11.8 Å². The van der Waals surface area contributed by atoms with Gasteiger partial charge in [-0.05, 0) is 19.9 Å². The molecule has 0 saturated carbocycles. The Hall–Kier alpha value is -1.11. The summed E-state index contributed by atoms with van der Waals surface area (Å²) in [6.07, 6.45) is 5.25. The van der Waals surface area contributed by atoms with Crippen LogP contribution in [-0.4, -0.2) is 0 Å². The van der Waals surface area contributed by atoms with Gasteiger partial charge in [0.15, 0.2) is 0 Å². The van der Waals surface area contributed by atoms with Gasteiger partial charge in [0.1, 0.15) is 5.83 Å². The van der Waals surface area contributed by atoms with Crippen molar-refractivity contribution in [2.75, 3.05) is 0 Å². The molecular weight excluding hydrogens is 163 g/mol. The van der Waals surface area contributed by atoms with Crippen LogP contribution >= 0.6 is 0 Å². The van der Waals surface area contributed by atoms with Crippen LogP contribution in [0.5, 0.6) is 0 Å². The zero-order valence-electron chi connectivity index (χ0n) is 8.18. The van der Waals surface area contributed by atoms with Crippen LogP contribution in [0.15, 0.2) is 48.4 Å². The quantitative estimate of drug-likeness (QED) is 0.564. The average Bonchev–Trinajstić information content (AvgIpc) is 2.02. The Morgan fingerprint density at radius 2 is 2.23 bits per heavy atom. The molecule has 0 N–H and O–H groups in total. The molecular formula is C12H15F. The Morgan fingerprint density at radius 3 is 2.69 bits per heavy atom. The van der Waals surface area contributed by atoms with Gasteiger partial charge in [0.2, 0.25) is 0 Å². The van der Waals surface area contributed by atoms with Gasteiger partial charge < -0.3 is 0 Å². The van der Waals surface area contributed by atoms with Crippen LogP contribution in [0.2, 0.25) is 0 Å². The van der Waals surface area contributed by atoms with E-state index in [0.29, 0.717) is 0 Å². The van der Waals surface area contributed by atoms with E-state index in [2.05, 4.69) is 13.2 Å². The summed E-state index contributed by atoms with van der Waals surface area (Å²) >= 11 is 0. The molecule has 1 aliphatic carbocycles. The van der Waals surface area contributed by atoms with E-state index in [1.807, 2.05) is 19.9 Å². The largest absolute Gasteiger partial charge is 0.211 e. The molecule has 2 atom stereocenters. The fourth-order valence-electron chi connectivity index (χ4n) is 1.63. The Labute approximate surface area is 79.2 Å². The van der Waals surface area contributed by atoms with E-state index >= 15 is 0 Å². The lowest BCUT2D eigenvalue weighted by atomic mass is 9.81. The molecule has 0 bridgehead atoms. The normalized spacial score (nSPS) is 27.6. The summed E-state index contributed by atoms with van der Waals surface area (Å²) in [5.41, 5.74) is 1.94. The van der Waals surface area contributed by atoms with Crippen molar-refractivity contribution < 1.29 is 4.39 Å². The van der Waals surface area contributed by atoms with E-state index in [0.717, 1.165) is 11.1 Å². The first kappa shape index (κ1) is 9.97. The van der Waals surface area contributed by atoms with E-state index in [9.17, 15) is 4.39 Å². The smallest absolute Gasteiger partial charge is 0.108 e. The van der Waals surface area contributed by atoms with Crippen molar-refractivity contribution in [3.8, 4) is 0 Å². The molecule has 70 valence electrons. The zero-order chi connectivity index (χ0) is 10.0. The maximum atomic E-state index is 13.4. The van der Waals surface area contributed by atoms with E-state index < -0.39 is 0 Å². The summed E-state index contributed by atoms with van der Waals surface area (Å²) in [6, 6.07) is 0. The van der Waals surface area contributed by atoms with Gasteiger partial charge in [-0.2, -0.15) is 0 Å². The van der Waals surface area contributed by atoms with Crippen molar-refractivity contribution in [1.29, 1.82) is 0 Å². The third-order valence-corrected chi connectivity index (χ3v) is 2.34. The molecule has 0 aliphatic heterocycles. The van der Waals surface area contributed by atoms with Crippen LogP contribution in [-0.2, 0) is 0 Å². The number of halogens is 1. The third kappa shape index (κ3) is 1.97. The van der Waals surface area contributed by atoms with Crippen LogP contribution < -0.4 is 0 Å². The van der Waals surface area contributed by atoms with Crippen LogP contribution in [0.3, 0.4) is 0 Å². The average molecular weight is 178 g/mol. The van der Waals surface area contributed by atoms with Gasteiger partial charge in [-0.25, -0.2) is 4.39 Å². The molecule has 0 spiro atoms. The fourth-order valence-corrected chi connectivity index (χ4v) is 1.63. The minimum atomic E-state index is -0.221. The van der Waals surface area contributed by atoms with E-state index in [1.165, 1.54) is 0 Å². The summed E-state index contributed by atoms with van der Waals surface area (Å²) in [5, 5.41) is 0. The maximum absolute atomic E-state index is 13.4. The molecule has 2 unspecified atom stereocenters. The van der Waals surface area contributed by atoms with Crippen LogP contribution in [0, 0.1) is 11.8 Å². The first-order valence-electron chi connectivity index (χ1n) is 4.39. The summed E-state index contributed by atoms with van der Waals surface area (Å²) in [7, 11) is 0. The van der Waals surface area contributed by atoms with E-state index in [4.69, 9.17) is 0 Å². The van der Waals surface area contributed by atoms with Crippen molar-refractivity contribution in [3.05, 3.63) is 48.4 Å². The third-order valence-electron chi connectivity index (χ3n) is 2.34. The van der Waals surface area contributed by atoms with E-state index in [-0.39, 0.29) is 17.7 Å². The van der Waals surface area contributed by atoms with Gasteiger partial charge >= 0.3 is 0 Å². The van der Waals surface area contributed by atoms with Crippen molar-refractivity contribution in [2.45, 2.75) is 13.8 Å². The highest BCUT2D eigenvalue weighted by molar-refractivity contribution is 5.33. The molecule has 0 heterocycles. The van der Waals surface area contributed by atoms with Crippen LogP contribution in [0.1, 0.15) is 13.8 Å². The van der Waals surface area contributed by atoms with Gasteiger partial charge in [0.05, 0.1) is 0 Å². The predicted molar refractivity (Wildman–Crippen MR) is 54.9 cm³/mol. The Balaban J connectivity index is 3.03. The molecule has 0 fully saturated rings. The summed E-state index contributed by atoms with van der Waals surface area (Å²) in [4.78, 5) is 0. The van der Waals surface area contributed by atoms with Gasteiger partial charge in [-0.15, -0.1) is 6.58 Å².